The van der Waals surface area contributed by atoms with Gasteiger partial charge in [0.1, 0.15) is 6.08 Å². The second kappa shape index (κ2) is 35.4. The quantitative estimate of drug-likeness (QED) is 0.0345. The lowest BCUT2D eigenvalue weighted by Crippen LogP contribution is -2.45. The maximum Gasteiger partial charge on any atom is 0.333 e. The summed E-state index contributed by atoms with van der Waals surface area (Å²) in [5.41, 5.74) is 8.35. The van der Waals surface area contributed by atoms with Crippen LogP contribution in [0.25, 0.3) is 10.9 Å². The molecule has 74 heavy (non-hydrogen) atoms. The molecule has 404 valence electrons. The highest BCUT2D eigenvalue weighted by Crippen LogP contribution is 2.36. The standard InChI is InChI=1S/C35H57N3O3.C30H40N3/c1-6-8-9-10-11-12-13-14-15-16-17-18-19-20-21-22-27-37-34(41)35(3,4)29-38(7-2)31-25-23-30(24-26-31)28-32(36-5)33(39)40;1-7-31(6)27-18-12-24(13-19-27)30(25-14-20-28(21-15-25)32(8-2)9-3)26-16-22-29(23-17-26)33(10-4)11-5/h23-26,28H,6-22,27,29H2,1-4H3,(H,37,41)(H,39,40);12-22,30H,7-11H2,1-6H3/q;+1/b32-28+;. The van der Waals surface area contributed by atoms with Crippen LogP contribution in [0.4, 0.5) is 17.1 Å². The van der Waals surface area contributed by atoms with Gasteiger partial charge < -0.3 is 30.0 Å². The first-order chi connectivity index (χ1) is 35.8. The third kappa shape index (κ3) is 21.6. The number of aliphatic carboxylic acids is 1. The second-order valence-corrected chi connectivity index (χ2v) is 20.5. The van der Waals surface area contributed by atoms with Crippen molar-refractivity contribution in [2.24, 2.45) is 5.41 Å². The van der Waals surface area contributed by atoms with E-state index in [1.165, 1.54) is 130 Å². The Morgan fingerprint density at radius 2 is 1.05 bits per heavy atom. The zero-order valence-electron chi connectivity index (χ0n) is 47.8. The number of amides is 1. The van der Waals surface area contributed by atoms with Crippen LogP contribution in [0.1, 0.15) is 188 Å². The van der Waals surface area contributed by atoms with Gasteiger partial charge in [0, 0.05) is 76.5 Å². The van der Waals surface area contributed by atoms with E-state index in [2.05, 4.69) is 158 Å². The van der Waals surface area contributed by atoms with E-state index < -0.39 is 11.4 Å². The summed E-state index contributed by atoms with van der Waals surface area (Å²) in [5, 5.41) is 12.2. The maximum absolute atomic E-state index is 13.0. The molecule has 0 heterocycles. The number of carboxylic acids is 1. The van der Waals surface area contributed by atoms with Gasteiger partial charge in [0.2, 0.25) is 11.6 Å². The minimum atomic E-state index is -1.23. The number of nitrogens with zero attached hydrogens (tertiary/aromatic N) is 5. The number of carboxylic acid groups (broad SMARTS) is 1. The van der Waals surface area contributed by atoms with E-state index in [1.54, 1.807) is 12.1 Å². The Morgan fingerprint density at radius 1 is 0.608 bits per heavy atom. The minimum absolute atomic E-state index is 0.0691. The Labute approximate surface area is 450 Å². The number of hydrogen-bond acceptors (Lipinski definition) is 6. The number of allylic oxidation sites excluding steroid dienone is 5. The predicted molar refractivity (Wildman–Crippen MR) is 317 cm³/mol. The molecular weight excluding hydrogens is 913 g/mol. The molecule has 1 unspecified atom stereocenters. The Morgan fingerprint density at radius 3 is 1.47 bits per heavy atom. The summed E-state index contributed by atoms with van der Waals surface area (Å²) < 4.78 is 0. The van der Waals surface area contributed by atoms with E-state index in [0.717, 1.165) is 64.3 Å². The van der Waals surface area contributed by atoms with Crippen LogP contribution in [-0.2, 0) is 9.59 Å². The Kier molecular flexibility index (Phi) is 29.9. The Bertz CT molecular complexity index is 2210. The molecule has 1 amide bonds. The van der Waals surface area contributed by atoms with E-state index in [4.69, 9.17) is 11.7 Å². The van der Waals surface area contributed by atoms with Gasteiger partial charge in [-0.05, 0) is 121 Å². The van der Waals surface area contributed by atoms with Crippen molar-refractivity contribution in [2.75, 3.05) is 74.1 Å². The number of benzene rings is 3. The summed E-state index contributed by atoms with van der Waals surface area (Å²) in [6.07, 6.45) is 33.0. The fraction of sp³-hybridized carbons (Fsp3) is 0.554. The van der Waals surface area contributed by atoms with Crippen molar-refractivity contribution in [3.63, 3.8) is 0 Å². The summed E-state index contributed by atoms with van der Waals surface area (Å²) in [7, 11) is 2.14. The smallest absolute Gasteiger partial charge is 0.333 e. The van der Waals surface area contributed by atoms with Crippen LogP contribution in [0, 0.1) is 18.1 Å². The highest BCUT2D eigenvalue weighted by atomic mass is 16.4. The molecule has 4 rings (SSSR count). The molecule has 0 radical (unpaired) electrons. The number of unbranched alkanes of at least 4 members (excludes halogenated alkanes) is 15. The summed E-state index contributed by atoms with van der Waals surface area (Å²) in [4.78, 5) is 36.2. The molecule has 1 aliphatic rings. The van der Waals surface area contributed by atoms with Crippen molar-refractivity contribution in [2.45, 2.75) is 171 Å². The normalized spacial score (nSPS) is 12.6. The fourth-order valence-corrected chi connectivity index (χ4v) is 9.65. The number of nitrogens with one attached hydrogen (secondary N) is 1. The van der Waals surface area contributed by atoms with Crippen LogP contribution in [0.15, 0.2) is 108 Å². The monoisotopic (exact) mass is 1010 g/mol. The highest BCUT2D eigenvalue weighted by Gasteiger charge is 2.30. The van der Waals surface area contributed by atoms with Crippen molar-refractivity contribution in [1.29, 1.82) is 0 Å². The Balaban J connectivity index is 0.000000398. The summed E-state index contributed by atoms with van der Waals surface area (Å²) >= 11 is 0. The second-order valence-electron chi connectivity index (χ2n) is 20.5. The van der Waals surface area contributed by atoms with Crippen molar-refractivity contribution in [3.05, 3.63) is 142 Å². The van der Waals surface area contributed by atoms with Crippen LogP contribution in [0.5, 0.6) is 0 Å². The molecule has 0 saturated carbocycles. The third-order valence-corrected chi connectivity index (χ3v) is 14.6. The molecule has 0 aliphatic heterocycles. The summed E-state index contributed by atoms with van der Waals surface area (Å²) in [5.74, 6) is -0.982. The van der Waals surface area contributed by atoms with Gasteiger partial charge in [-0.1, -0.05) is 140 Å². The number of hydrogen-bond donors (Lipinski definition) is 2. The first-order valence-corrected chi connectivity index (χ1v) is 28.7. The lowest BCUT2D eigenvalue weighted by Gasteiger charge is -2.32. The zero-order valence-corrected chi connectivity index (χ0v) is 47.8. The number of rotatable bonds is 35. The molecule has 3 aromatic rings. The van der Waals surface area contributed by atoms with Crippen LogP contribution >= 0.6 is 0 Å². The van der Waals surface area contributed by atoms with E-state index in [0.29, 0.717) is 12.1 Å². The minimum Gasteiger partial charge on any atom is -0.486 e. The van der Waals surface area contributed by atoms with Gasteiger partial charge in [0.05, 0.1) is 41.7 Å². The van der Waals surface area contributed by atoms with Gasteiger partial charge >= 0.3 is 5.97 Å². The first-order valence-electron chi connectivity index (χ1n) is 28.7. The van der Waals surface area contributed by atoms with E-state index in [1.807, 2.05) is 26.0 Å². The fourth-order valence-electron chi connectivity index (χ4n) is 9.65. The topological polar surface area (TPSA) is 83.7 Å². The van der Waals surface area contributed by atoms with E-state index in [9.17, 15) is 9.59 Å². The molecule has 0 saturated heterocycles. The number of anilines is 3. The molecule has 9 heteroatoms. The van der Waals surface area contributed by atoms with Crippen LogP contribution in [0.3, 0.4) is 0 Å². The molecule has 1 atom stereocenters. The molecule has 3 aromatic carbocycles. The molecule has 0 spiro atoms. The highest BCUT2D eigenvalue weighted by molar-refractivity contribution is 5.94. The molecule has 0 bridgehead atoms. The van der Waals surface area contributed by atoms with Crippen LogP contribution < -0.4 is 20.0 Å². The molecule has 9 nitrogen and oxygen atoms in total. The first kappa shape index (κ1) is 62.5. The van der Waals surface area contributed by atoms with Gasteiger partial charge in [-0.2, -0.15) is 0 Å². The van der Waals surface area contributed by atoms with E-state index >= 15 is 0 Å². The average molecular weight is 1010 g/mol. The molecule has 2 N–H and O–H groups in total. The van der Waals surface area contributed by atoms with Gasteiger partial charge in [0.15, 0.2) is 0 Å². The van der Waals surface area contributed by atoms with Crippen molar-refractivity contribution in [3.8, 4) is 0 Å². The van der Waals surface area contributed by atoms with Gasteiger partial charge in [0.25, 0.3) is 5.70 Å². The SMILES string of the molecule is CCN(CC)C1=[C+]C=C(C(c2ccc(N(C)CC)cc2)c2ccc(N(CC)CC)cc2)C=C1.[C-]#[N+]/C(=C/c1ccc(N(CC)CC(C)(C)C(=O)NCCCCCCCCCCCCCCCCCC)cc1)C(=O)O. The number of likely N-dealkylation sites (N-methyl/N-ethyl adjacent to an activating group) is 1. The van der Waals surface area contributed by atoms with Crippen LogP contribution in [0.2, 0.25) is 0 Å². The third-order valence-electron chi connectivity index (χ3n) is 14.6. The lowest BCUT2D eigenvalue weighted by molar-refractivity contribution is -0.132. The van der Waals surface area contributed by atoms with Crippen LogP contribution in [-0.4, -0.2) is 81.3 Å². The largest absolute Gasteiger partial charge is 0.486 e. The molecule has 1 aliphatic carbocycles. The zero-order chi connectivity index (χ0) is 54.1. The van der Waals surface area contributed by atoms with Crippen molar-refractivity contribution >= 4 is 35.0 Å². The molecular formula is C65H97N6O3+. The Hall–Kier alpha value is -5.84. The summed E-state index contributed by atoms with van der Waals surface area (Å²) in [6.45, 7) is 33.3. The van der Waals surface area contributed by atoms with Crippen molar-refractivity contribution < 1.29 is 14.7 Å². The average Bonchev–Trinajstić information content (AvgIpc) is 3.42. The number of carbonyl (C=O) groups excluding carboxylic acids is 1. The van der Waals surface area contributed by atoms with E-state index in [-0.39, 0.29) is 17.5 Å². The van der Waals surface area contributed by atoms with Crippen molar-refractivity contribution in [1.82, 2.24) is 10.2 Å². The number of carbonyl (C=O) groups is 2. The summed E-state index contributed by atoms with van der Waals surface area (Å²) in [6, 6.07) is 25.6. The lowest BCUT2D eigenvalue weighted by atomic mass is 9.83. The molecule has 0 fully saturated rings. The van der Waals surface area contributed by atoms with Gasteiger partial charge in [-0.3, -0.25) is 9.59 Å². The molecule has 0 aromatic heterocycles. The van der Waals surface area contributed by atoms with Gasteiger partial charge in [-0.25, -0.2) is 4.85 Å². The maximum atomic E-state index is 13.0. The predicted octanol–water partition coefficient (Wildman–Crippen LogP) is 15.9. The van der Waals surface area contributed by atoms with Gasteiger partial charge in [-0.15, -0.1) is 0 Å².